The molecule has 1 saturated carbocycles. The van der Waals surface area contributed by atoms with Gasteiger partial charge in [0.15, 0.2) is 22.6 Å². The van der Waals surface area contributed by atoms with Crippen molar-refractivity contribution in [3.05, 3.63) is 78.0 Å². The molecule has 0 saturated heterocycles. The number of nitrogens with zero attached hydrogens (tertiary/aromatic N) is 3. The Morgan fingerprint density at radius 2 is 1.94 bits per heavy atom. The van der Waals surface area contributed by atoms with E-state index in [1.54, 1.807) is 15.4 Å². The van der Waals surface area contributed by atoms with E-state index in [2.05, 4.69) is 17.5 Å². The van der Waals surface area contributed by atoms with Gasteiger partial charge in [0.2, 0.25) is 0 Å². The molecule has 0 atom stereocenters. The maximum atomic E-state index is 9.93. The monoisotopic (exact) mass is 468 g/mol. The van der Waals surface area contributed by atoms with Crippen LogP contribution in [0, 0.1) is 16.7 Å². The Morgan fingerprint density at radius 3 is 2.66 bits per heavy atom. The second-order valence-electron chi connectivity index (χ2n) is 8.72. The number of rotatable bonds is 6. The van der Waals surface area contributed by atoms with Crippen LogP contribution in [0.3, 0.4) is 0 Å². The Hall–Kier alpha value is -4.36. The Labute approximate surface area is 198 Å². The Bertz CT molecular complexity index is 1770. The number of hydrogen-bond acceptors (Lipinski definition) is 8. The molecule has 5 aromatic rings. The fourth-order valence-corrected chi connectivity index (χ4v) is 4.77. The lowest BCUT2D eigenvalue weighted by Gasteiger charge is -2.31. The molecule has 0 amide bonds. The molecule has 2 aromatic carbocycles. The van der Waals surface area contributed by atoms with Crippen molar-refractivity contribution >= 4 is 44.0 Å². The molecule has 9 heteroatoms. The van der Waals surface area contributed by atoms with E-state index in [-0.39, 0.29) is 23.4 Å². The van der Waals surface area contributed by atoms with E-state index in [0.29, 0.717) is 29.7 Å². The van der Waals surface area contributed by atoms with E-state index in [0.717, 1.165) is 27.2 Å². The molecule has 3 N–H and O–H groups in total. The molecule has 0 aliphatic heterocycles. The number of nitriles is 1. The molecule has 0 unspecified atom stereocenters. The molecule has 9 nitrogen and oxygen atoms in total. The largest absolute Gasteiger partial charge is 0.454 e. The number of fused-ring (bicyclic) bond motifs is 6. The molecule has 0 bridgehead atoms. The van der Waals surface area contributed by atoms with Crippen LogP contribution in [0.5, 0.6) is 0 Å². The summed E-state index contributed by atoms with van der Waals surface area (Å²) in [6, 6.07) is 19.3. The van der Waals surface area contributed by atoms with Crippen molar-refractivity contribution in [2.24, 2.45) is 0 Å². The number of hydrogen-bond donors (Lipinski definition) is 3. The quantitative estimate of drug-likeness (QED) is 0.104. The summed E-state index contributed by atoms with van der Waals surface area (Å²) in [5.41, 5.74) is 2.33. The molecular weight excluding hydrogens is 448 g/mol. The maximum absolute atomic E-state index is 9.93. The first kappa shape index (κ1) is 21.2. The summed E-state index contributed by atoms with van der Waals surface area (Å²) in [5, 5.41) is 39.7. The minimum atomic E-state index is -0.948. The number of para-hydroxylation sites is 1. The van der Waals surface area contributed by atoms with Gasteiger partial charge < -0.3 is 14.2 Å². The van der Waals surface area contributed by atoms with Crippen molar-refractivity contribution < 1.29 is 24.7 Å². The number of aromatic nitrogens is 1. The second-order valence-corrected chi connectivity index (χ2v) is 8.72. The SMILES string of the molecule is C=C(CN(c1ccc2cc3c(oc2c1)c(C#N)c(=N)n1c2ccccc2cc31)C1(OO)CC1)OO. The van der Waals surface area contributed by atoms with Gasteiger partial charge >= 0.3 is 0 Å². The molecular formula is C26H20N4O5. The first-order chi connectivity index (χ1) is 17.0. The number of pyridine rings is 1. The Morgan fingerprint density at radius 1 is 1.14 bits per heavy atom. The summed E-state index contributed by atoms with van der Waals surface area (Å²) in [6.07, 6.45) is 1.16. The van der Waals surface area contributed by atoms with Gasteiger partial charge in [0.05, 0.1) is 17.6 Å². The molecule has 1 aliphatic rings. The molecule has 0 radical (unpaired) electrons. The predicted octanol–water partition coefficient (Wildman–Crippen LogP) is 5.13. The van der Waals surface area contributed by atoms with Crippen LogP contribution < -0.4 is 10.4 Å². The van der Waals surface area contributed by atoms with Gasteiger partial charge in [0.1, 0.15) is 17.2 Å². The van der Waals surface area contributed by atoms with Crippen LogP contribution in [-0.4, -0.2) is 27.2 Å². The number of anilines is 1. The third kappa shape index (κ3) is 3.09. The van der Waals surface area contributed by atoms with Gasteiger partial charge in [-0.2, -0.15) is 5.26 Å². The summed E-state index contributed by atoms with van der Waals surface area (Å²) in [4.78, 5) is 10.8. The molecule has 0 spiro atoms. The van der Waals surface area contributed by atoms with Gasteiger partial charge in [-0.25, -0.2) is 15.4 Å². The van der Waals surface area contributed by atoms with Crippen molar-refractivity contribution in [3.63, 3.8) is 0 Å². The summed E-state index contributed by atoms with van der Waals surface area (Å²) < 4.78 is 8.02. The lowest BCUT2D eigenvalue weighted by atomic mass is 10.1. The lowest BCUT2D eigenvalue weighted by Crippen LogP contribution is -2.40. The van der Waals surface area contributed by atoms with E-state index < -0.39 is 5.72 Å². The number of nitrogens with one attached hydrogen (secondary N) is 1. The van der Waals surface area contributed by atoms with Gasteiger partial charge in [-0.05, 0) is 30.3 Å². The van der Waals surface area contributed by atoms with Crippen molar-refractivity contribution in [1.29, 1.82) is 10.7 Å². The zero-order valence-corrected chi connectivity index (χ0v) is 18.5. The first-order valence-electron chi connectivity index (χ1n) is 11.0. The van der Waals surface area contributed by atoms with Crippen LogP contribution in [0.2, 0.25) is 0 Å². The van der Waals surface area contributed by atoms with Crippen LogP contribution >= 0.6 is 0 Å². The average molecular weight is 468 g/mol. The standard InChI is InChI=1S/C26H20N4O5/c1-15(34-31)14-29(26(35-32)8-9-26)18-7-6-17-10-19-22-11-16-4-2-3-5-21(16)30(22)25(28)20(13-27)24(19)33-23(17)12-18/h2-7,10-12,28,31-32H,1,8-9,14H2. The minimum Gasteiger partial charge on any atom is -0.454 e. The van der Waals surface area contributed by atoms with Gasteiger partial charge in [-0.15, -0.1) is 0 Å². The minimum absolute atomic E-state index is 0.0547. The van der Waals surface area contributed by atoms with Crippen molar-refractivity contribution in [2.75, 3.05) is 11.4 Å². The zero-order valence-electron chi connectivity index (χ0n) is 18.5. The highest BCUT2D eigenvalue weighted by Crippen LogP contribution is 2.45. The summed E-state index contributed by atoms with van der Waals surface area (Å²) in [6.45, 7) is 3.74. The molecule has 3 heterocycles. The van der Waals surface area contributed by atoms with Crippen molar-refractivity contribution in [2.45, 2.75) is 18.6 Å². The molecule has 6 rings (SSSR count). The summed E-state index contributed by atoms with van der Waals surface area (Å²) in [7, 11) is 0. The van der Waals surface area contributed by atoms with E-state index in [1.807, 2.05) is 48.5 Å². The molecule has 3 aromatic heterocycles. The molecule has 1 fully saturated rings. The topological polar surface area (TPSA) is 127 Å². The van der Waals surface area contributed by atoms with Crippen LogP contribution in [0.1, 0.15) is 18.4 Å². The first-order valence-corrected chi connectivity index (χ1v) is 11.0. The third-order valence-corrected chi connectivity index (χ3v) is 6.65. The fraction of sp³-hybridized carbons (Fsp3) is 0.154. The number of benzene rings is 2. The maximum Gasteiger partial charge on any atom is 0.175 e. The lowest BCUT2D eigenvalue weighted by molar-refractivity contribution is -0.291. The van der Waals surface area contributed by atoms with E-state index >= 15 is 0 Å². The van der Waals surface area contributed by atoms with Crippen molar-refractivity contribution in [3.8, 4) is 6.07 Å². The van der Waals surface area contributed by atoms with Gasteiger partial charge in [-0.3, -0.25) is 9.81 Å². The average Bonchev–Trinajstić information content (AvgIpc) is 3.58. The molecule has 35 heavy (non-hydrogen) atoms. The highest BCUT2D eigenvalue weighted by atomic mass is 17.1. The highest BCUT2D eigenvalue weighted by Gasteiger charge is 2.51. The van der Waals surface area contributed by atoms with Crippen LogP contribution in [0.15, 0.2) is 71.4 Å². The molecule has 174 valence electrons. The summed E-state index contributed by atoms with van der Waals surface area (Å²) in [5.74, 6) is 0.0807. The van der Waals surface area contributed by atoms with Gasteiger partial charge in [-0.1, -0.05) is 24.8 Å². The van der Waals surface area contributed by atoms with Crippen LogP contribution in [0.4, 0.5) is 5.69 Å². The fourth-order valence-electron chi connectivity index (χ4n) is 4.77. The van der Waals surface area contributed by atoms with Gasteiger partial charge in [0.25, 0.3) is 0 Å². The zero-order chi connectivity index (χ0) is 24.3. The van der Waals surface area contributed by atoms with E-state index in [1.165, 1.54) is 0 Å². The Balaban J connectivity index is 1.61. The second kappa shape index (κ2) is 7.58. The normalized spacial score (nSPS) is 14.4. The van der Waals surface area contributed by atoms with Crippen LogP contribution in [0.25, 0.3) is 38.4 Å². The van der Waals surface area contributed by atoms with Gasteiger partial charge in [0, 0.05) is 40.8 Å². The van der Waals surface area contributed by atoms with Crippen molar-refractivity contribution in [1.82, 2.24) is 4.40 Å². The predicted molar refractivity (Wildman–Crippen MR) is 129 cm³/mol. The Kier molecular flexibility index (Phi) is 4.59. The molecule has 1 aliphatic carbocycles. The highest BCUT2D eigenvalue weighted by molar-refractivity contribution is 6.05. The smallest absolute Gasteiger partial charge is 0.175 e. The van der Waals surface area contributed by atoms with Crippen LogP contribution in [-0.2, 0) is 9.78 Å². The summed E-state index contributed by atoms with van der Waals surface area (Å²) >= 11 is 0. The van der Waals surface area contributed by atoms with E-state index in [9.17, 15) is 10.5 Å². The third-order valence-electron chi connectivity index (χ3n) is 6.65. The van der Waals surface area contributed by atoms with E-state index in [4.69, 9.17) is 20.0 Å².